The molecule has 28 heavy (non-hydrogen) atoms. The van der Waals surface area contributed by atoms with Crippen LogP contribution in [0.2, 0.25) is 0 Å². The summed E-state index contributed by atoms with van der Waals surface area (Å²) in [5.74, 6) is 1.49. The fraction of sp³-hybridized carbons (Fsp3) is 0.600. The molecular formula is C20H35IN4O3. The van der Waals surface area contributed by atoms with Gasteiger partial charge in [0.2, 0.25) is 0 Å². The van der Waals surface area contributed by atoms with E-state index in [0.29, 0.717) is 19.0 Å². The van der Waals surface area contributed by atoms with Crippen molar-refractivity contribution in [2.75, 3.05) is 20.2 Å². The lowest BCUT2D eigenvalue weighted by Crippen LogP contribution is -2.54. The van der Waals surface area contributed by atoms with Crippen LogP contribution in [0.4, 0.5) is 4.79 Å². The van der Waals surface area contributed by atoms with Crippen LogP contribution in [0.15, 0.2) is 29.3 Å². The molecule has 0 radical (unpaired) electrons. The largest absolute Gasteiger partial charge is 0.497 e. The van der Waals surface area contributed by atoms with Crippen LogP contribution in [-0.4, -0.2) is 43.4 Å². The molecule has 0 aliphatic rings. The second kappa shape index (κ2) is 12.0. The number of benzene rings is 1. The predicted octanol–water partition coefficient (Wildman–Crippen LogP) is 3.67. The third kappa shape index (κ3) is 11.2. The Morgan fingerprint density at radius 1 is 1.14 bits per heavy atom. The fourth-order valence-corrected chi connectivity index (χ4v) is 2.21. The molecule has 0 atom stereocenters. The highest BCUT2D eigenvalue weighted by molar-refractivity contribution is 14.0. The Balaban J connectivity index is 0.00000729. The summed E-state index contributed by atoms with van der Waals surface area (Å²) in [5, 5.41) is 9.35. The van der Waals surface area contributed by atoms with Gasteiger partial charge in [-0.05, 0) is 59.2 Å². The van der Waals surface area contributed by atoms with E-state index in [1.54, 1.807) is 7.11 Å². The number of amides is 1. The van der Waals surface area contributed by atoms with Crippen LogP contribution < -0.4 is 20.7 Å². The molecule has 1 aromatic carbocycles. The summed E-state index contributed by atoms with van der Waals surface area (Å²) in [5.41, 5.74) is 0.0209. The van der Waals surface area contributed by atoms with Gasteiger partial charge in [-0.25, -0.2) is 9.79 Å². The highest BCUT2D eigenvalue weighted by atomic mass is 127. The third-order valence-electron chi connectivity index (χ3n) is 3.44. The zero-order chi connectivity index (χ0) is 20.5. The summed E-state index contributed by atoms with van der Waals surface area (Å²) in [6.07, 6.45) is -0.437. The number of methoxy groups -OCH3 is 1. The van der Waals surface area contributed by atoms with Crippen LogP contribution in [0.3, 0.4) is 0 Å². The van der Waals surface area contributed by atoms with E-state index in [0.717, 1.165) is 17.9 Å². The molecule has 1 rings (SSSR count). The molecule has 0 aliphatic heterocycles. The molecule has 160 valence electrons. The number of hydrogen-bond donors (Lipinski definition) is 3. The molecule has 3 N–H and O–H groups in total. The topological polar surface area (TPSA) is 84.0 Å². The Hall–Kier alpha value is -1.71. The quantitative estimate of drug-likeness (QED) is 0.299. The fourth-order valence-electron chi connectivity index (χ4n) is 2.21. The maximum atomic E-state index is 12.0. The number of hydrogen-bond acceptors (Lipinski definition) is 4. The zero-order valence-electron chi connectivity index (χ0n) is 18.0. The standard InChI is InChI=1S/C20H34N4O3.HI/c1-8-21-17(22-13-15-10-9-11-16(12-15)26-7)23-14-20(5,6)24-18(25)27-19(2,3)4;/h9-12H,8,13-14H2,1-7H3,(H,24,25)(H2,21,22,23);1H. The molecule has 0 fully saturated rings. The maximum Gasteiger partial charge on any atom is 0.408 e. The molecular weight excluding hydrogens is 471 g/mol. The molecule has 1 amide bonds. The van der Waals surface area contributed by atoms with E-state index in [-0.39, 0.29) is 24.0 Å². The van der Waals surface area contributed by atoms with E-state index >= 15 is 0 Å². The molecule has 8 heteroatoms. The van der Waals surface area contributed by atoms with Crippen LogP contribution in [-0.2, 0) is 11.3 Å². The minimum absolute atomic E-state index is 0. The zero-order valence-corrected chi connectivity index (χ0v) is 20.3. The van der Waals surface area contributed by atoms with Crippen molar-refractivity contribution in [3.8, 4) is 5.75 Å². The molecule has 0 saturated carbocycles. The summed E-state index contributed by atoms with van der Waals surface area (Å²) in [7, 11) is 1.65. The number of guanidine groups is 1. The first-order valence-corrected chi connectivity index (χ1v) is 9.21. The lowest BCUT2D eigenvalue weighted by molar-refractivity contribution is 0.0474. The minimum atomic E-state index is -0.527. The van der Waals surface area contributed by atoms with Gasteiger partial charge in [0.25, 0.3) is 0 Å². The summed E-state index contributed by atoms with van der Waals surface area (Å²) in [6, 6.07) is 7.81. The van der Waals surface area contributed by atoms with Gasteiger partial charge >= 0.3 is 6.09 Å². The predicted molar refractivity (Wildman–Crippen MR) is 125 cm³/mol. The van der Waals surface area contributed by atoms with E-state index in [1.807, 2.05) is 65.8 Å². The average molecular weight is 506 g/mol. The Bertz CT molecular complexity index is 643. The molecule has 1 aromatic rings. The van der Waals surface area contributed by atoms with E-state index in [1.165, 1.54) is 0 Å². The van der Waals surface area contributed by atoms with Crippen molar-refractivity contribution >= 4 is 36.0 Å². The van der Waals surface area contributed by atoms with E-state index in [4.69, 9.17) is 9.47 Å². The number of rotatable bonds is 7. The van der Waals surface area contributed by atoms with Gasteiger partial charge in [0.15, 0.2) is 5.96 Å². The van der Waals surface area contributed by atoms with Crippen LogP contribution in [0.1, 0.15) is 47.1 Å². The lowest BCUT2D eigenvalue weighted by atomic mass is 10.1. The monoisotopic (exact) mass is 506 g/mol. The lowest BCUT2D eigenvalue weighted by Gasteiger charge is -2.29. The number of halogens is 1. The maximum absolute atomic E-state index is 12.0. The smallest absolute Gasteiger partial charge is 0.408 e. The van der Waals surface area contributed by atoms with Gasteiger partial charge < -0.3 is 25.4 Å². The highest BCUT2D eigenvalue weighted by Crippen LogP contribution is 2.13. The first-order valence-electron chi connectivity index (χ1n) is 9.21. The summed E-state index contributed by atoms with van der Waals surface area (Å²) < 4.78 is 10.6. The molecule has 0 aromatic heterocycles. The molecule has 7 nitrogen and oxygen atoms in total. The third-order valence-corrected chi connectivity index (χ3v) is 3.44. The van der Waals surface area contributed by atoms with E-state index in [2.05, 4.69) is 20.9 Å². The normalized spacial score (nSPS) is 11.9. The van der Waals surface area contributed by atoms with Gasteiger partial charge in [-0.2, -0.15) is 0 Å². The van der Waals surface area contributed by atoms with Crippen molar-refractivity contribution in [1.29, 1.82) is 0 Å². The molecule has 0 unspecified atom stereocenters. The Kier molecular flexibility index (Phi) is 11.2. The number of alkyl carbamates (subject to hydrolysis) is 1. The number of carbonyl (C=O) groups excluding carboxylic acids is 1. The molecule has 0 spiro atoms. The summed E-state index contributed by atoms with van der Waals surface area (Å²) >= 11 is 0. The number of nitrogens with zero attached hydrogens (tertiary/aromatic N) is 1. The first kappa shape index (κ1) is 26.3. The van der Waals surface area contributed by atoms with Crippen molar-refractivity contribution in [1.82, 2.24) is 16.0 Å². The Morgan fingerprint density at radius 3 is 2.39 bits per heavy atom. The number of nitrogens with one attached hydrogen (secondary N) is 3. The van der Waals surface area contributed by atoms with Crippen molar-refractivity contribution in [3.63, 3.8) is 0 Å². The van der Waals surface area contributed by atoms with Gasteiger partial charge in [-0.15, -0.1) is 24.0 Å². The summed E-state index contributed by atoms with van der Waals surface area (Å²) in [4.78, 5) is 16.6. The van der Waals surface area contributed by atoms with Gasteiger partial charge in [0, 0.05) is 13.1 Å². The van der Waals surface area contributed by atoms with Crippen LogP contribution in [0.25, 0.3) is 0 Å². The van der Waals surface area contributed by atoms with Crippen molar-refractivity contribution < 1.29 is 14.3 Å². The van der Waals surface area contributed by atoms with E-state index in [9.17, 15) is 4.79 Å². The molecule has 0 heterocycles. The number of carbonyl (C=O) groups is 1. The van der Waals surface area contributed by atoms with Crippen molar-refractivity contribution in [2.45, 2.75) is 59.2 Å². The van der Waals surface area contributed by atoms with Gasteiger partial charge in [0.05, 0.1) is 19.2 Å². The van der Waals surface area contributed by atoms with Crippen LogP contribution in [0.5, 0.6) is 5.75 Å². The second-order valence-corrected chi connectivity index (χ2v) is 7.91. The molecule has 0 bridgehead atoms. The van der Waals surface area contributed by atoms with E-state index < -0.39 is 17.2 Å². The van der Waals surface area contributed by atoms with Gasteiger partial charge in [-0.3, -0.25) is 0 Å². The second-order valence-electron chi connectivity index (χ2n) is 7.91. The van der Waals surface area contributed by atoms with Crippen molar-refractivity contribution in [3.05, 3.63) is 29.8 Å². The van der Waals surface area contributed by atoms with Crippen LogP contribution in [0, 0.1) is 0 Å². The Labute approximate surface area is 186 Å². The highest BCUT2D eigenvalue weighted by Gasteiger charge is 2.24. The van der Waals surface area contributed by atoms with Crippen LogP contribution >= 0.6 is 24.0 Å². The Morgan fingerprint density at radius 2 is 1.82 bits per heavy atom. The SMILES string of the molecule is CCNC(=NCc1cccc(OC)c1)NCC(C)(C)NC(=O)OC(C)(C)C.I. The average Bonchev–Trinajstić information content (AvgIpc) is 2.55. The minimum Gasteiger partial charge on any atom is -0.497 e. The first-order chi connectivity index (χ1) is 12.5. The molecule has 0 aliphatic carbocycles. The number of ether oxygens (including phenoxy) is 2. The summed E-state index contributed by atoms with van der Waals surface area (Å²) in [6.45, 7) is 13.1. The molecule has 0 saturated heterocycles. The van der Waals surface area contributed by atoms with Gasteiger partial charge in [-0.1, -0.05) is 12.1 Å². The number of aliphatic imine (C=N–C) groups is 1. The van der Waals surface area contributed by atoms with Gasteiger partial charge in [0.1, 0.15) is 11.4 Å². The van der Waals surface area contributed by atoms with Crippen molar-refractivity contribution in [2.24, 2.45) is 4.99 Å².